The van der Waals surface area contributed by atoms with Gasteiger partial charge in [-0.3, -0.25) is 14.0 Å². The third-order valence-electron chi connectivity index (χ3n) is 4.25. The van der Waals surface area contributed by atoms with Crippen molar-refractivity contribution < 1.29 is 14.3 Å². The van der Waals surface area contributed by atoms with Crippen molar-refractivity contribution in [2.75, 3.05) is 6.61 Å². The molecule has 4 rings (SSSR count). The molecule has 0 fully saturated rings. The summed E-state index contributed by atoms with van der Waals surface area (Å²) in [5.74, 6) is -0.0594. The molecule has 0 saturated carbocycles. The normalized spacial score (nSPS) is 16.0. The Balaban J connectivity index is 1.45. The molecule has 132 valence electrons. The van der Waals surface area contributed by atoms with Crippen LogP contribution in [0.5, 0.6) is 5.75 Å². The zero-order valence-electron chi connectivity index (χ0n) is 13.7. The number of hydrogen-bond acceptors (Lipinski definition) is 5. The molecule has 1 aliphatic rings. The Labute approximate surface area is 154 Å². The van der Waals surface area contributed by atoms with Crippen LogP contribution in [0, 0.1) is 5.92 Å². The van der Waals surface area contributed by atoms with Gasteiger partial charge < -0.3 is 9.47 Å². The number of halogens is 1. The van der Waals surface area contributed by atoms with E-state index < -0.39 is 5.92 Å². The highest BCUT2D eigenvalue weighted by molar-refractivity contribution is 6.30. The summed E-state index contributed by atoms with van der Waals surface area (Å²) >= 11 is 6.00. The SMILES string of the molecule is O=C(OCc1cc(=O)n2ccccc2n1)[C@H]1COc2ccc(Cl)cc2C1. The summed E-state index contributed by atoms with van der Waals surface area (Å²) in [6, 6.07) is 12.0. The van der Waals surface area contributed by atoms with E-state index in [0.29, 0.717) is 22.8 Å². The number of benzene rings is 1. The minimum Gasteiger partial charge on any atom is -0.492 e. The van der Waals surface area contributed by atoms with Gasteiger partial charge in [0.1, 0.15) is 24.6 Å². The number of fused-ring (bicyclic) bond motifs is 2. The lowest BCUT2D eigenvalue weighted by atomic mass is 9.97. The molecule has 0 spiro atoms. The summed E-state index contributed by atoms with van der Waals surface area (Å²) in [7, 11) is 0. The van der Waals surface area contributed by atoms with Crippen LogP contribution in [0.2, 0.25) is 5.02 Å². The number of esters is 1. The van der Waals surface area contributed by atoms with Crippen molar-refractivity contribution in [1.29, 1.82) is 0 Å². The second kappa shape index (κ2) is 6.80. The van der Waals surface area contributed by atoms with Gasteiger partial charge >= 0.3 is 5.97 Å². The van der Waals surface area contributed by atoms with Crippen LogP contribution in [0.4, 0.5) is 0 Å². The van der Waals surface area contributed by atoms with Crippen LogP contribution in [-0.2, 0) is 22.6 Å². The second-order valence-corrected chi connectivity index (χ2v) is 6.52. The van der Waals surface area contributed by atoms with Gasteiger partial charge in [-0.15, -0.1) is 0 Å². The molecule has 1 aliphatic heterocycles. The fourth-order valence-electron chi connectivity index (χ4n) is 2.95. The van der Waals surface area contributed by atoms with Crippen LogP contribution in [0.25, 0.3) is 5.65 Å². The zero-order chi connectivity index (χ0) is 18.1. The van der Waals surface area contributed by atoms with Gasteiger partial charge in [0.2, 0.25) is 0 Å². The molecule has 0 aliphatic carbocycles. The smallest absolute Gasteiger partial charge is 0.313 e. The first kappa shape index (κ1) is 16.6. The molecule has 26 heavy (non-hydrogen) atoms. The number of hydrogen-bond donors (Lipinski definition) is 0. The van der Waals surface area contributed by atoms with E-state index in [1.165, 1.54) is 10.5 Å². The minimum atomic E-state index is -0.414. The standard InChI is InChI=1S/C19H15ClN2O4/c20-14-4-5-16-12(8-14)7-13(10-25-16)19(24)26-11-15-9-18(23)22-6-2-1-3-17(22)21-15/h1-6,8-9,13H,7,10-11H2/t13-/m1/s1. The van der Waals surface area contributed by atoms with E-state index in [1.807, 2.05) is 0 Å². The summed E-state index contributed by atoms with van der Waals surface area (Å²) < 4.78 is 12.4. The molecule has 0 bridgehead atoms. The first-order valence-corrected chi connectivity index (χ1v) is 8.53. The van der Waals surface area contributed by atoms with Gasteiger partial charge in [0, 0.05) is 17.3 Å². The summed E-state index contributed by atoms with van der Waals surface area (Å²) in [5.41, 5.74) is 1.59. The number of ether oxygens (including phenoxy) is 2. The van der Waals surface area contributed by atoms with Gasteiger partial charge in [-0.2, -0.15) is 0 Å². The lowest BCUT2D eigenvalue weighted by Gasteiger charge is -2.24. The van der Waals surface area contributed by atoms with Crippen LogP contribution in [0.15, 0.2) is 53.5 Å². The van der Waals surface area contributed by atoms with Crippen molar-refractivity contribution in [2.24, 2.45) is 5.92 Å². The molecule has 0 amide bonds. The highest BCUT2D eigenvalue weighted by Crippen LogP contribution is 2.30. The molecule has 3 aromatic rings. The molecule has 7 heteroatoms. The number of aromatic nitrogens is 2. The molecule has 0 saturated heterocycles. The number of nitrogens with zero attached hydrogens (tertiary/aromatic N) is 2. The Morgan fingerprint density at radius 1 is 1.31 bits per heavy atom. The van der Waals surface area contributed by atoms with Crippen molar-refractivity contribution in [3.63, 3.8) is 0 Å². The van der Waals surface area contributed by atoms with E-state index in [4.69, 9.17) is 21.1 Å². The Bertz CT molecular complexity index is 1050. The van der Waals surface area contributed by atoms with Crippen LogP contribution >= 0.6 is 11.6 Å². The Morgan fingerprint density at radius 2 is 2.19 bits per heavy atom. The van der Waals surface area contributed by atoms with Gasteiger partial charge in [-0.25, -0.2) is 4.98 Å². The fourth-order valence-corrected chi connectivity index (χ4v) is 3.15. The van der Waals surface area contributed by atoms with Gasteiger partial charge in [-0.05, 0) is 42.3 Å². The lowest BCUT2D eigenvalue weighted by Crippen LogP contribution is -2.30. The second-order valence-electron chi connectivity index (χ2n) is 6.09. The van der Waals surface area contributed by atoms with Crippen molar-refractivity contribution in [3.05, 3.63) is 75.3 Å². The van der Waals surface area contributed by atoms with Gasteiger partial charge in [-0.1, -0.05) is 17.7 Å². The van der Waals surface area contributed by atoms with Crippen molar-refractivity contribution in [3.8, 4) is 5.75 Å². The predicted molar refractivity (Wildman–Crippen MR) is 95.4 cm³/mol. The highest BCUT2D eigenvalue weighted by Gasteiger charge is 2.27. The average molecular weight is 371 g/mol. The maximum Gasteiger partial charge on any atom is 0.313 e. The van der Waals surface area contributed by atoms with Gasteiger partial charge in [0.15, 0.2) is 0 Å². The summed E-state index contributed by atoms with van der Waals surface area (Å²) in [5, 5.41) is 0.599. The van der Waals surface area contributed by atoms with Crippen LogP contribution in [0.1, 0.15) is 11.3 Å². The predicted octanol–water partition coefficient (Wildman–Crippen LogP) is 2.64. The molecular weight excluding hydrogens is 356 g/mol. The van der Waals surface area contributed by atoms with E-state index in [0.717, 1.165) is 11.3 Å². The lowest BCUT2D eigenvalue weighted by molar-refractivity contribution is -0.151. The molecule has 2 aromatic heterocycles. The topological polar surface area (TPSA) is 69.9 Å². The molecule has 1 aromatic carbocycles. The maximum atomic E-state index is 12.4. The third kappa shape index (κ3) is 3.28. The summed E-state index contributed by atoms with van der Waals surface area (Å²) in [4.78, 5) is 28.8. The van der Waals surface area contributed by atoms with Crippen LogP contribution < -0.4 is 10.3 Å². The highest BCUT2D eigenvalue weighted by atomic mass is 35.5. The summed E-state index contributed by atoms with van der Waals surface area (Å²) in [6.45, 7) is 0.194. The molecule has 3 heterocycles. The van der Waals surface area contributed by atoms with Crippen molar-refractivity contribution >= 4 is 23.2 Å². The summed E-state index contributed by atoms with van der Waals surface area (Å²) in [6.07, 6.45) is 2.14. The molecular formula is C19H15ClN2O4. The van der Waals surface area contributed by atoms with Crippen LogP contribution in [-0.4, -0.2) is 22.0 Å². The molecule has 0 radical (unpaired) electrons. The number of carbonyl (C=O) groups excluding carboxylic acids is 1. The van der Waals surface area contributed by atoms with Gasteiger partial charge in [0.25, 0.3) is 5.56 Å². The number of pyridine rings is 1. The Kier molecular flexibility index (Phi) is 4.34. The Morgan fingerprint density at radius 3 is 3.08 bits per heavy atom. The van der Waals surface area contributed by atoms with Crippen molar-refractivity contribution in [2.45, 2.75) is 13.0 Å². The molecule has 6 nitrogen and oxygen atoms in total. The number of rotatable bonds is 3. The van der Waals surface area contributed by atoms with E-state index in [9.17, 15) is 9.59 Å². The van der Waals surface area contributed by atoms with E-state index >= 15 is 0 Å². The zero-order valence-corrected chi connectivity index (χ0v) is 14.5. The van der Waals surface area contributed by atoms with Gasteiger partial charge in [0.05, 0.1) is 11.6 Å². The van der Waals surface area contributed by atoms with E-state index in [1.54, 1.807) is 42.6 Å². The molecule has 0 N–H and O–H groups in total. The van der Waals surface area contributed by atoms with E-state index in [-0.39, 0.29) is 24.7 Å². The molecule has 0 unspecified atom stereocenters. The van der Waals surface area contributed by atoms with E-state index in [2.05, 4.69) is 4.98 Å². The first-order valence-electron chi connectivity index (χ1n) is 8.15. The third-order valence-corrected chi connectivity index (χ3v) is 4.48. The fraction of sp³-hybridized carbons (Fsp3) is 0.211. The average Bonchev–Trinajstić information content (AvgIpc) is 2.65. The van der Waals surface area contributed by atoms with Crippen LogP contribution in [0.3, 0.4) is 0 Å². The maximum absolute atomic E-state index is 12.4. The monoisotopic (exact) mass is 370 g/mol. The quantitative estimate of drug-likeness (QED) is 0.663. The first-order chi connectivity index (χ1) is 12.6. The number of carbonyl (C=O) groups is 1. The minimum absolute atomic E-state index is 0.0572. The molecule has 1 atom stereocenters. The van der Waals surface area contributed by atoms with Crippen molar-refractivity contribution in [1.82, 2.24) is 9.38 Å². The Hall–Kier alpha value is -2.86. The largest absolute Gasteiger partial charge is 0.492 e.